The largest absolute Gasteiger partial charge is 0.477 e. The van der Waals surface area contributed by atoms with Crippen molar-refractivity contribution in [3.05, 3.63) is 108 Å². The molecule has 1 amide bonds. The summed E-state index contributed by atoms with van der Waals surface area (Å²) in [6.07, 6.45) is -0.743. The number of hydrogen-bond donors (Lipinski definition) is 0. The van der Waals surface area contributed by atoms with Crippen molar-refractivity contribution < 1.29 is 14.3 Å². The predicted molar refractivity (Wildman–Crippen MR) is 123 cm³/mol. The van der Waals surface area contributed by atoms with Gasteiger partial charge in [0, 0.05) is 16.7 Å². The van der Waals surface area contributed by atoms with Crippen LogP contribution in [0.15, 0.2) is 106 Å². The zero-order chi connectivity index (χ0) is 21.9. The van der Waals surface area contributed by atoms with Crippen LogP contribution in [0.25, 0.3) is 0 Å². The van der Waals surface area contributed by atoms with Crippen molar-refractivity contribution in [1.29, 1.82) is 0 Å². The zero-order valence-electron chi connectivity index (χ0n) is 17.4. The molecule has 6 heteroatoms. The van der Waals surface area contributed by atoms with E-state index in [4.69, 9.17) is 14.5 Å². The van der Waals surface area contributed by atoms with Crippen molar-refractivity contribution in [2.75, 3.05) is 13.7 Å². The molecular formula is C25H23N3O3. The lowest BCUT2D eigenvalue weighted by molar-refractivity contribution is 0.182. The molecule has 0 fully saturated rings. The second kappa shape index (κ2) is 11.2. The predicted octanol–water partition coefficient (Wildman–Crippen LogP) is 5.13. The fourth-order valence-electron chi connectivity index (χ4n) is 2.71. The molecule has 3 rings (SSSR count). The maximum atomic E-state index is 11.9. The molecule has 0 aliphatic carbocycles. The van der Waals surface area contributed by atoms with Gasteiger partial charge in [-0.15, -0.1) is 0 Å². The number of carbonyl (C=O) groups is 1. The Kier molecular flexibility index (Phi) is 7.83. The molecular weight excluding hydrogens is 390 g/mol. The average molecular weight is 413 g/mol. The molecule has 3 aromatic carbocycles. The van der Waals surface area contributed by atoms with Crippen LogP contribution in [0.4, 0.5) is 4.79 Å². The highest BCUT2D eigenvalue weighted by Crippen LogP contribution is 2.11. The maximum Gasteiger partial charge on any atom is 0.435 e. The smallest absolute Gasteiger partial charge is 0.435 e. The Balaban J connectivity index is 2.19. The minimum absolute atomic E-state index is 0.193. The molecule has 0 aliphatic heterocycles. The number of carbonyl (C=O) groups excluding carboxylic acids is 1. The quantitative estimate of drug-likeness (QED) is 0.440. The Labute approximate surface area is 181 Å². The fourth-order valence-corrected chi connectivity index (χ4v) is 2.71. The van der Waals surface area contributed by atoms with E-state index < -0.39 is 6.09 Å². The highest BCUT2D eigenvalue weighted by Gasteiger charge is 2.12. The zero-order valence-corrected chi connectivity index (χ0v) is 17.4. The lowest BCUT2D eigenvalue weighted by Gasteiger charge is -2.10. The summed E-state index contributed by atoms with van der Waals surface area (Å²) in [7, 11) is 1.27. The molecule has 0 spiro atoms. The standard InChI is InChI=1S/C25H23N3O3/c1-3-31-24(21-17-11-6-12-18-21)27-22(19-13-7-4-8-14-19)26-23(28-25(29)30-2)20-15-9-5-10-16-20/h4-18H,3H2,1-2H3/b26-22?,27-24?,28-23+. The molecule has 0 atom stereocenters. The van der Waals surface area contributed by atoms with E-state index in [2.05, 4.69) is 9.98 Å². The van der Waals surface area contributed by atoms with Crippen LogP contribution in [-0.2, 0) is 9.47 Å². The van der Waals surface area contributed by atoms with Gasteiger partial charge in [-0.2, -0.15) is 9.98 Å². The van der Waals surface area contributed by atoms with Crippen molar-refractivity contribution >= 4 is 23.7 Å². The number of amides is 1. The summed E-state index contributed by atoms with van der Waals surface area (Å²) in [5.41, 5.74) is 2.23. The first-order valence-electron chi connectivity index (χ1n) is 9.84. The summed E-state index contributed by atoms with van der Waals surface area (Å²) in [6, 6.07) is 28.3. The molecule has 0 N–H and O–H groups in total. The van der Waals surface area contributed by atoms with Crippen molar-refractivity contribution in [3.8, 4) is 0 Å². The molecule has 0 bridgehead atoms. The highest BCUT2D eigenvalue weighted by atomic mass is 16.5. The molecule has 3 aromatic rings. The van der Waals surface area contributed by atoms with E-state index in [-0.39, 0.29) is 5.84 Å². The summed E-state index contributed by atoms with van der Waals surface area (Å²) in [5, 5.41) is 0. The normalized spacial score (nSPS) is 12.4. The molecule has 0 unspecified atom stereocenters. The van der Waals surface area contributed by atoms with Gasteiger partial charge in [-0.3, -0.25) is 0 Å². The van der Waals surface area contributed by atoms with E-state index >= 15 is 0 Å². The molecule has 0 saturated heterocycles. The first-order chi connectivity index (χ1) is 15.2. The summed E-state index contributed by atoms with van der Waals surface area (Å²) in [6.45, 7) is 2.34. The summed E-state index contributed by atoms with van der Waals surface area (Å²) in [4.78, 5) is 25.3. The average Bonchev–Trinajstić information content (AvgIpc) is 2.84. The summed E-state index contributed by atoms with van der Waals surface area (Å²) in [5.74, 6) is 0.981. The van der Waals surface area contributed by atoms with Crippen LogP contribution in [0.5, 0.6) is 0 Å². The van der Waals surface area contributed by atoms with Crippen LogP contribution < -0.4 is 0 Å². The van der Waals surface area contributed by atoms with E-state index in [0.29, 0.717) is 23.9 Å². The van der Waals surface area contributed by atoms with E-state index in [1.165, 1.54) is 7.11 Å². The Morgan fingerprint density at radius 1 is 0.677 bits per heavy atom. The molecule has 0 heterocycles. The molecule has 0 radical (unpaired) electrons. The Bertz CT molecular complexity index is 1080. The van der Waals surface area contributed by atoms with Crippen LogP contribution >= 0.6 is 0 Å². The third-order valence-electron chi connectivity index (χ3n) is 4.16. The van der Waals surface area contributed by atoms with Crippen molar-refractivity contribution in [1.82, 2.24) is 0 Å². The van der Waals surface area contributed by atoms with Crippen LogP contribution in [0, 0.1) is 0 Å². The van der Waals surface area contributed by atoms with Gasteiger partial charge in [0.1, 0.15) is 0 Å². The summed E-state index contributed by atoms with van der Waals surface area (Å²) < 4.78 is 10.5. The minimum Gasteiger partial charge on any atom is -0.477 e. The van der Waals surface area contributed by atoms with E-state index in [9.17, 15) is 4.79 Å². The van der Waals surface area contributed by atoms with Crippen molar-refractivity contribution in [3.63, 3.8) is 0 Å². The van der Waals surface area contributed by atoms with Crippen LogP contribution in [-0.4, -0.2) is 37.4 Å². The number of benzene rings is 3. The first kappa shape index (κ1) is 21.6. The van der Waals surface area contributed by atoms with Crippen LogP contribution in [0.1, 0.15) is 23.6 Å². The topological polar surface area (TPSA) is 72.6 Å². The third kappa shape index (κ3) is 6.21. The van der Waals surface area contributed by atoms with E-state index in [1.54, 1.807) is 0 Å². The van der Waals surface area contributed by atoms with Crippen LogP contribution in [0.2, 0.25) is 0 Å². The van der Waals surface area contributed by atoms with Gasteiger partial charge in [0.05, 0.1) is 13.7 Å². The van der Waals surface area contributed by atoms with Crippen molar-refractivity contribution in [2.24, 2.45) is 15.0 Å². The fraction of sp³-hybridized carbons (Fsp3) is 0.120. The Morgan fingerprint density at radius 3 is 1.58 bits per heavy atom. The molecule has 0 saturated carbocycles. The number of nitrogens with zero attached hydrogens (tertiary/aromatic N) is 3. The second-order valence-electron chi connectivity index (χ2n) is 6.29. The molecule has 31 heavy (non-hydrogen) atoms. The van der Waals surface area contributed by atoms with Crippen molar-refractivity contribution in [2.45, 2.75) is 6.92 Å². The monoisotopic (exact) mass is 413 g/mol. The van der Waals surface area contributed by atoms with E-state index in [0.717, 1.165) is 11.1 Å². The molecule has 0 aromatic heterocycles. The number of ether oxygens (including phenoxy) is 2. The Morgan fingerprint density at radius 2 is 1.13 bits per heavy atom. The molecule has 156 valence electrons. The number of rotatable bonds is 4. The number of amidine groups is 2. The third-order valence-corrected chi connectivity index (χ3v) is 4.16. The summed E-state index contributed by atoms with van der Waals surface area (Å²) >= 11 is 0. The van der Waals surface area contributed by atoms with E-state index in [1.807, 2.05) is 97.9 Å². The van der Waals surface area contributed by atoms with Gasteiger partial charge in [0.25, 0.3) is 0 Å². The lowest BCUT2D eigenvalue weighted by Crippen LogP contribution is -2.13. The van der Waals surface area contributed by atoms with Gasteiger partial charge in [-0.05, 0) is 19.1 Å². The van der Waals surface area contributed by atoms with Gasteiger partial charge in [-0.25, -0.2) is 9.79 Å². The van der Waals surface area contributed by atoms with Gasteiger partial charge in [0.15, 0.2) is 11.7 Å². The van der Waals surface area contributed by atoms with Gasteiger partial charge < -0.3 is 9.47 Å². The number of aliphatic imine (C=N–C) groups is 3. The highest BCUT2D eigenvalue weighted by molar-refractivity contribution is 6.17. The van der Waals surface area contributed by atoms with Crippen LogP contribution in [0.3, 0.4) is 0 Å². The van der Waals surface area contributed by atoms with Gasteiger partial charge in [-0.1, -0.05) is 78.9 Å². The Hall–Kier alpha value is -4.06. The maximum absolute atomic E-state index is 11.9. The lowest BCUT2D eigenvalue weighted by atomic mass is 10.2. The molecule has 0 aliphatic rings. The van der Waals surface area contributed by atoms with Gasteiger partial charge in [0.2, 0.25) is 5.90 Å². The van der Waals surface area contributed by atoms with Gasteiger partial charge >= 0.3 is 6.09 Å². The number of hydrogen-bond acceptors (Lipinski definition) is 3. The number of methoxy groups -OCH3 is 1. The second-order valence-corrected chi connectivity index (χ2v) is 6.29. The SMILES string of the molecule is CCOC(=NC(=N/C(=N/C(=O)OC)c1ccccc1)c1ccccc1)c1ccccc1. The minimum atomic E-state index is -0.743. The molecule has 6 nitrogen and oxygen atoms in total. The first-order valence-corrected chi connectivity index (χ1v) is 9.84.